The molecule has 1 N–H and O–H groups in total. The molecule has 1 atom stereocenters. The van der Waals surface area contributed by atoms with Gasteiger partial charge in [-0.2, -0.15) is 0 Å². The van der Waals surface area contributed by atoms with E-state index in [1.165, 1.54) is 0 Å². The van der Waals surface area contributed by atoms with Crippen molar-refractivity contribution in [3.63, 3.8) is 0 Å². The molecule has 5 heteroatoms. The van der Waals surface area contributed by atoms with Gasteiger partial charge in [-0.05, 0) is 24.5 Å². The van der Waals surface area contributed by atoms with Gasteiger partial charge in [0.25, 0.3) is 5.91 Å². The third-order valence-electron chi connectivity index (χ3n) is 3.30. The van der Waals surface area contributed by atoms with Gasteiger partial charge < -0.3 is 14.8 Å². The minimum absolute atomic E-state index is 0.160. The van der Waals surface area contributed by atoms with Gasteiger partial charge in [-0.15, -0.1) is 0 Å². The van der Waals surface area contributed by atoms with Crippen LogP contribution >= 0.6 is 15.9 Å². The van der Waals surface area contributed by atoms with E-state index in [1.807, 2.05) is 0 Å². The van der Waals surface area contributed by atoms with Crippen LogP contribution in [0.1, 0.15) is 30.1 Å². The summed E-state index contributed by atoms with van der Waals surface area (Å²) in [6.45, 7) is 2.78. The van der Waals surface area contributed by atoms with E-state index in [0.29, 0.717) is 29.5 Å². The molecule has 1 unspecified atom stereocenters. The molecule has 0 saturated carbocycles. The molecule has 0 radical (unpaired) electrons. The lowest BCUT2D eigenvalue weighted by molar-refractivity contribution is 0.0940. The molecule has 4 nitrogen and oxygen atoms in total. The van der Waals surface area contributed by atoms with Crippen molar-refractivity contribution in [1.82, 2.24) is 5.32 Å². The molecule has 1 rings (SSSR count). The van der Waals surface area contributed by atoms with Crippen molar-refractivity contribution in [3.8, 4) is 11.5 Å². The van der Waals surface area contributed by atoms with E-state index in [0.717, 1.165) is 18.2 Å². The fourth-order valence-corrected chi connectivity index (χ4v) is 2.65. The molecule has 0 fully saturated rings. The number of rotatable bonds is 8. The number of carbonyl (C=O) groups is 1. The Kier molecular flexibility index (Phi) is 7.44. The zero-order chi connectivity index (χ0) is 15.0. The molecule has 112 valence electrons. The number of alkyl halides is 1. The zero-order valence-electron chi connectivity index (χ0n) is 12.2. The number of benzene rings is 1. The highest BCUT2D eigenvalue weighted by Gasteiger charge is 2.18. The van der Waals surface area contributed by atoms with E-state index in [1.54, 1.807) is 32.4 Å². The van der Waals surface area contributed by atoms with Crippen LogP contribution in [0.2, 0.25) is 0 Å². The standard InChI is InChI=1S/C15H22BrNO3/c1-4-11(8-9-16)10-17-15(18)14-12(19-2)6-5-7-13(14)20-3/h5-7,11H,4,8-10H2,1-3H3,(H,17,18). The van der Waals surface area contributed by atoms with Gasteiger partial charge in [-0.3, -0.25) is 4.79 Å². The third-order valence-corrected chi connectivity index (χ3v) is 3.76. The van der Waals surface area contributed by atoms with Gasteiger partial charge in [-0.25, -0.2) is 0 Å². The maximum Gasteiger partial charge on any atom is 0.258 e. The van der Waals surface area contributed by atoms with Gasteiger partial charge >= 0.3 is 0 Å². The van der Waals surface area contributed by atoms with Crippen molar-refractivity contribution in [3.05, 3.63) is 23.8 Å². The molecule has 0 aliphatic carbocycles. The summed E-state index contributed by atoms with van der Waals surface area (Å²) in [5, 5.41) is 3.91. The minimum atomic E-state index is -0.160. The normalized spacial score (nSPS) is 11.8. The molecule has 0 aliphatic heterocycles. The largest absolute Gasteiger partial charge is 0.496 e. The van der Waals surface area contributed by atoms with Gasteiger partial charge in [0.1, 0.15) is 17.1 Å². The summed E-state index contributed by atoms with van der Waals surface area (Å²) < 4.78 is 10.5. The number of nitrogens with one attached hydrogen (secondary N) is 1. The molecule has 0 heterocycles. The summed E-state index contributed by atoms with van der Waals surface area (Å²) >= 11 is 3.44. The molecular weight excluding hydrogens is 322 g/mol. The van der Waals surface area contributed by atoms with E-state index < -0.39 is 0 Å². The number of hydrogen-bond acceptors (Lipinski definition) is 3. The smallest absolute Gasteiger partial charge is 0.258 e. The molecule has 0 aliphatic rings. The minimum Gasteiger partial charge on any atom is -0.496 e. The summed E-state index contributed by atoms with van der Waals surface area (Å²) in [6.07, 6.45) is 2.08. The van der Waals surface area contributed by atoms with Crippen LogP contribution in [-0.2, 0) is 0 Å². The highest BCUT2D eigenvalue weighted by atomic mass is 79.9. The molecule has 1 aromatic rings. The van der Waals surface area contributed by atoms with Crippen molar-refractivity contribution in [1.29, 1.82) is 0 Å². The van der Waals surface area contributed by atoms with Crippen molar-refractivity contribution >= 4 is 21.8 Å². The Morgan fingerprint density at radius 2 is 1.90 bits per heavy atom. The van der Waals surface area contributed by atoms with Crippen LogP contribution in [0.4, 0.5) is 0 Å². The van der Waals surface area contributed by atoms with Gasteiger partial charge in [0, 0.05) is 11.9 Å². The molecule has 20 heavy (non-hydrogen) atoms. The van der Waals surface area contributed by atoms with Gasteiger partial charge in [0.2, 0.25) is 0 Å². The lowest BCUT2D eigenvalue weighted by atomic mass is 10.0. The maximum absolute atomic E-state index is 12.3. The molecule has 1 aromatic carbocycles. The number of amides is 1. The Morgan fingerprint density at radius 1 is 1.30 bits per heavy atom. The number of ether oxygens (including phenoxy) is 2. The van der Waals surface area contributed by atoms with E-state index in [4.69, 9.17) is 9.47 Å². The SMILES string of the molecule is CCC(CCBr)CNC(=O)c1c(OC)cccc1OC. The first-order valence-electron chi connectivity index (χ1n) is 6.73. The average Bonchev–Trinajstić information content (AvgIpc) is 2.49. The number of methoxy groups -OCH3 is 2. The zero-order valence-corrected chi connectivity index (χ0v) is 13.8. The lowest BCUT2D eigenvalue weighted by Crippen LogP contribution is -2.30. The van der Waals surface area contributed by atoms with E-state index >= 15 is 0 Å². The number of carbonyl (C=O) groups excluding carboxylic acids is 1. The highest BCUT2D eigenvalue weighted by Crippen LogP contribution is 2.28. The quantitative estimate of drug-likeness (QED) is 0.737. The average molecular weight is 344 g/mol. The van der Waals surface area contributed by atoms with Gasteiger partial charge in [-0.1, -0.05) is 35.3 Å². The molecule has 0 spiro atoms. The topological polar surface area (TPSA) is 47.6 Å². The van der Waals surface area contributed by atoms with Crippen LogP contribution in [0.25, 0.3) is 0 Å². The van der Waals surface area contributed by atoms with Crippen molar-refractivity contribution in [2.45, 2.75) is 19.8 Å². The molecule has 0 bridgehead atoms. The molecule has 0 aromatic heterocycles. The third kappa shape index (κ3) is 4.40. The van der Waals surface area contributed by atoms with Crippen LogP contribution in [0.15, 0.2) is 18.2 Å². The second kappa shape index (κ2) is 8.84. The Labute approximate surface area is 129 Å². The van der Waals surface area contributed by atoms with Crippen LogP contribution < -0.4 is 14.8 Å². The molecule has 1 amide bonds. The molecular formula is C15H22BrNO3. The van der Waals surface area contributed by atoms with Crippen molar-refractivity contribution in [2.75, 3.05) is 26.1 Å². The van der Waals surface area contributed by atoms with Crippen LogP contribution in [0.3, 0.4) is 0 Å². The second-order valence-corrected chi connectivity index (χ2v) is 5.29. The number of halogens is 1. The lowest BCUT2D eigenvalue weighted by Gasteiger charge is -2.16. The first-order valence-corrected chi connectivity index (χ1v) is 7.85. The first kappa shape index (κ1) is 16.8. The van der Waals surface area contributed by atoms with E-state index in [2.05, 4.69) is 28.2 Å². The number of hydrogen-bond donors (Lipinski definition) is 1. The van der Waals surface area contributed by atoms with Crippen LogP contribution in [-0.4, -0.2) is 32.0 Å². The van der Waals surface area contributed by atoms with E-state index in [-0.39, 0.29) is 5.91 Å². The summed E-state index contributed by atoms with van der Waals surface area (Å²) in [5.41, 5.74) is 0.450. The summed E-state index contributed by atoms with van der Waals surface area (Å²) in [6, 6.07) is 5.31. The monoisotopic (exact) mass is 343 g/mol. The van der Waals surface area contributed by atoms with Crippen molar-refractivity contribution in [2.24, 2.45) is 5.92 Å². The van der Waals surface area contributed by atoms with Crippen LogP contribution in [0, 0.1) is 5.92 Å². The summed E-state index contributed by atoms with van der Waals surface area (Å²) in [4.78, 5) is 12.3. The maximum atomic E-state index is 12.3. The highest BCUT2D eigenvalue weighted by molar-refractivity contribution is 9.09. The Bertz CT molecular complexity index is 415. The Morgan fingerprint density at radius 3 is 2.35 bits per heavy atom. The molecule has 0 saturated heterocycles. The van der Waals surface area contributed by atoms with Crippen LogP contribution in [0.5, 0.6) is 11.5 Å². The predicted octanol–water partition coefficient (Wildman–Crippen LogP) is 3.24. The van der Waals surface area contributed by atoms with Crippen molar-refractivity contribution < 1.29 is 14.3 Å². The first-order chi connectivity index (χ1) is 9.67. The predicted molar refractivity (Wildman–Crippen MR) is 84.1 cm³/mol. The fraction of sp³-hybridized carbons (Fsp3) is 0.533. The van der Waals surface area contributed by atoms with Gasteiger partial charge in [0.15, 0.2) is 0 Å². The fourth-order valence-electron chi connectivity index (χ4n) is 2.01. The van der Waals surface area contributed by atoms with E-state index in [9.17, 15) is 4.79 Å². The Balaban J connectivity index is 2.81. The Hall–Kier alpha value is -1.23. The second-order valence-electron chi connectivity index (χ2n) is 4.50. The summed E-state index contributed by atoms with van der Waals surface area (Å²) in [5.74, 6) is 1.36. The summed E-state index contributed by atoms with van der Waals surface area (Å²) in [7, 11) is 3.09. The van der Waals surface area contributed by atoms with Gasteiger partial charge in [0.05, 0.1) is 14.2 Å².